The zero-order chi connectivity index (χ0) is 21.8. The van der Waals surface area contributed by atoms with Gasteiger partial charge in [-0.05, 0) is 49.7 Å². The number of carbonyl (C=O) groups is 1. The topological polar surface area (TPSA) is 46.9 Å². The molecule has 1 amide bonds. The summed E-state index contributed by atoms with van der Waals surface area (Å²) in [5.41, 5.74) is 4.89. The van der Waals surface area contributed by atoms with Crippen molar-refractivity contribution in [2.24, 2.45) is 0 Å². The monoisotopic (exact) mass is 447 g/mol. The van der Waals surface area contributed by atoms with Crippen LogP contribution in [0.4, 0.5) is 5.69 Å². The summed E-state index contributed by atoms with van der Waals surface area (Å²) in [5.74, 6) is -0.0661. The largest absolute Gasteiger partial charge is 0.325 e. The van der Waals surface area contributed by atoms with Crippen LogP contribution >= 0.6 is 23.4 Å². The Bertz CT molecular complexity index is 1190. The second-order valence-electron chi connectivity index (χ2n) is 7.17. The third-order valence-corrected chi connectivity index (χ3v) is 6.24. The van der Waals surface area contributed by atoms with E-state index in [0.29, 0.717) is 5.02 Å². The lowest BCUT2D eigenvalue weighted by Gasteiger charge is -2.16. The van der Waals surface area contributed by atoms with Gasteiger partial charge in [0.25, 0.3) is 0 Å². The molecule has 1 heterocycles. The van der Waals surface area contributed by atoms with Crippen LogP contribution in [0.3, 0.4) is 0 Å². The molecule has 1 N–H and O–H groups in total. The number of amides is 1. The van der Waals surface area contributed by atoms with Gasteiger partial charge in [-0.1, -0.05) is 71.9 Å². The van der Waals surface area contributed by atoms with E-state index < -0.39 is 0 Å². The summed E-state index contributed by atoms with van der Waals surface area (Å²) in [6.07, 6.45) is 1.85. The van der Waals surface area contributed by atoms with Crippen LogP contribution in [0.2, 0.25) is 5.02 Å². The molecule has 0 saturated carbocycles. The summed E-state index contributed by atoms with van der Waals surface area (Å²) in [6.45, 7) is 3.96. The van der Waals surface area contributed by atoms with E-state index in [1.807, 2.05) is 79.9 Å². The van der Waals surface area contributed by atoms with Crippen molar-refractivity contribution < 1.29 is 4.79 Å². The number of anilines is 1. The molecule has 1 atom stereocenters. The van der Waals surface area contributed by atoms with Crippen LogP contribution < -0.4 is 5.32 Å². The van der Waals surface area contributed by atoms with Crippen LogP contribution in [0.15, 0.2) is 90.2 Å². The number of hydrogen-bond donors (Lipinski definition) is 1. The highest BCUT2D eigenvalue weighted by Crippen LogP contribution is 2.33. The Labute approximate surface area is 191 Å². The van der Waals surface area contributed by atoms with Gasteiger partial charge in [0.2, 0.25) is 5.91 Å². The molecule has 0 radical (unpaired) electrons. The number of aromatic nitrogens is 2. The first-order valence-corrected chi connectivity index (χ1v) is 11.2. The van der Waals surface area contributed by atoms with Gasteiger partial charge in [-0.25, -0.2) is 4.98 Å². The molecule has 0 fully saturated rings. The van der Waals surface area contributed by atoms with Gasteiger partial charge < -0.3 is 5.32 Å². The molecule has 0 aliphatic heterocycles. The fourth-order valence-electron chi connectivity index (χ4n) is 3.27. The molecule has 156 valence electrons. The molecule has 0 unspecified atom stereocenters. The summed E-state index contributed by atoms with van der Waals surface area (Å²) >= 11 is 7.52. The Balaban J connectivity index is 1.68. The maximum absolute atomic E-state index is 12.8. The number of nitrogens with zero attached hydrogens (tertiary/aromatic N) is 2. The fraction of sp³-hybridized carbons (Fsp3) is 0.120. The standard InChI is InChI=1S/C25H22ClN3OS/c1-17-8-6-7-11-22(17)29-23(19-12-14-20(26)15-13-19)16-27-25(29)31-18(2)24(30)28-21-9-4-3-5-10-21/h3-16,18H,1-2H3,(H,28,30)/t18-/m1/s1. The molecule has 0 saturated heterocycles. The molecule has 0 aliphatic carbocycles. The van der Waals surface area contributed by atoms with Crippen molar-refractivity contribution in [3.8, 4) is 16.9 Å². The van der Waals surface area contributed by atoms with E-state index in [4.69, 9.17) is 11.6 Å². The van der Waals surface area contributed by atoms with Gasteiger partial charge in [0.05, 0.1) is 22.8 Å². The molecule has 0 bridgehead atoms. The fourth-order valence-corrected chi connectivity index (χ4v) is 4.29. The number of imidazole rings is 1. The number of carbonyl (C=O) groups excluding carboxylic acids is 1. The van der Waals surface area contributed by atoms with E-state index in [9.17, 15) is 4.79 Å². The molecule has 1 aromatic heterocycles. The summed E-state index contributed by atoms with van der Waals surface area (Å²) in [4.78, 5) is 17.4. The van der Waals surface area contributed by atoms with E-state index >= 15 is 0 Å². The number of hydrogen-bond acceptors (Lipinski definition) is 3. The van der Waals surface area contributed by atoms with Gasteiger partial charge in [0, 0.05) is 16.3 Å². The van der Waals surface area contributed by atoms with Crippen LogP contribution in [0.1, 0.15) is 12.5 Å². The average Bonchev–Trinajstić information content (AvgIpc) is 3.18. The molecule has 31 heavy (non-hydrogen) atoms. The first-order valence-electron chi connectivity index (χ1n) is 9.95. The number of benzene rings is 3. The average molecular weight is 448 g/mol. The minimum absolute atomic E-state index is 0.0661. The smallest absolute Gasteiger partial charge is 0.237 e. The minimum atomic E-state index is -0.330. The number of nitrogens with one attached hydrogen (secondary N) is 1. The molecular weight excluding hydrogens is 426 g/mol. The number of aryl methyl sites for hydroxylation is 1. The van der Waals surface area contributed by atoms with Crippen LogP contribution in [-0.2, 0) is 4.79 Å². The van der Waals surface area contributed by atoms with Crippen molar-refractivity contribution in [2.75, 3.05) is 5.32 Å². The van der Waals surface area contributed by atoms with Crippen molar-refractivity contribution in [1.29, 1.82) is 0 Å². The third kappa shape index (κ3) is 4.84. The maximum Gasteiger partial charge on any atom is 0.237 e. The number of thioether (sulfide) groups is 1. The Morgan fingerprint density at radius 3 is 2.39 bits per heavy atom. The second kappa shape index (κ2) is 9.41. The zero-order valence-corrected chi connectivity index (χ0v) is 18.8. The maximum atomic E-state index is 12.8. The van der Waals surface area contributed by atoms with E-state index in [1.54, 1.807) is 0 Å². The van der Waals surface area contributed by atoms with Crippen LogP contribution in [0.5, 0.6) is 0 Å². The van der Waals surface area contributed by atoms with E-state index in [0.717, 1.165) is 33.4 Å². The predicted octanol–water partition coefficient (Wildman–Crippen LogP) is 6.62. The normalized spacial score (nSPS) is 11.8. The molecular formula is C25H22ClN3OS. The molecule has 4 rings (SSSR count). The van der Waals surface area contributed by atoms with E-state index in [-0.39, 0.29) is 11.2 Å². The summed E-state index contributed by atoms with van der Waals surface area (Å²) < 4.78 is 2.11. The second-order valence-corrected chi connectivity index (χ2v) is 8.91. The molecule has 4 nitrogen and oxygen atoms in total. The van der Waals surface area contributed by atoms with Crippen LogP contribution in [0.25, 0.3) is 16.9 Å². The highest BCUT2D eigenvalue weighted by molar-refractivity contribution is 8.00. The summed E-state index contributed by atoms with van der Waals surface area (Å²) in [6, 6.07) is 25.3. The Morgan fingerprint density at radius 1 is 1.00 bits per heavy atom. The zero-order valence-electron chi connectivity index (χ0n) is 17.2. The van der Waals surface area contributed by atoms with Gasteiger partial charge in [0.1, 0.15) is 0 Å². The van der Waals surface area contributed by atoms with Crippen molar-refractivity contribution >= 4 is 35.0 Å². The summed E-state index contributed by atoms with van der Waals surface area (Å²) in [7, 11) is 0. The first-order chi connectivity index (χ1) is 15.0. The Hall–Kier alpha value is -3.02. The van der Waals surface area contributed by atoms with E-state index in [1.165, 1.54) is 11.8 Å². The van der Waals surface area contributed by atoms with Crippen LogP contribution in [-0.4, -0.2) is 20.7 Å². The van der Waals surface area contributed by atoms with Crippen LogP contribution in [0, 0.1) is 6.92 Å². The van der Waals surface area contributed by atoms with Crippen molar-refractivity contribution in [1.82, 2.24) is 9.55 Å². The Morgan fingerprint density at radius 2 is 1.68 bits per heavy atom. The molecule has 3 aromatic carbocycles. The van der Waals surface area contributed by atoms with Gasteiger partial charge in [-0.2, -0.15) is 0 Å². The third-order valence-electron chi connectivity index (χ3n) is 4.92. The number of rotatable bonds is 6. The number of para-hydroxylation sites is 2. The lowest BCUT2D eigenvalue weighted by molar-refractivity contribution is -0.115. The lowest BCUT2D eigenvalue weighted by atomic mass is 10.1. The highest BCUT2D eigenvalue weighted by Gasteiger charge is 2.21. The van der Waals surface area contributed by atoms with Crippen molar-refractivity contribution in [2.45, 2.75) is 24.3 Å². The molecule has 0 aliphatic rings. The predicted molar refractivity (Wildman–Crippen MR) is 129 cm³/mol. The van der Waals surface area contributed by atoms with E-state index in [2.05, 4.69) is 33.9 Å². The number of halogens is 1. The van der Waals surface area contributed by atoms with Gasteiger partial charge in [0.15, 0.2) is 5.16 Å². The molecule has 6 heteroatoms. The van der Waals surface area contributed by atoms with Gasteiger partial charge in [-0.3, -0.25) is 9.36 Å². The SMILES string of the molecule is Cc1ccccc1-n1c(-c2ccc(Cl)cc2)cnc1S[C@H](C)C(=O)Nc1ccccc1. The summed E-state index contributed by atoms with van der Waals surface area (Å²) in [5, 5.41) is 4.08. The molecule has 0 spiro atoms. The van der Waals surface area contributed by atoms with Gasteiger partial charge in [-0.15, -0.1) is 0 Å². The quantitative estimate of drug-likeness (QED) is 0.338. The highest BCUT2D eigenvalue weighted by atomic mass is 35.5. The Kier molecular flexibility index (Phi) is 6.44. The minimum Gasteiger partial charge on any atom is -0.325 e. The van der Waals surface area contributed by atoms with Gasteiger partial charge >= 0.3 is 0 Å². The van der Waals surface area contributed by atoms with Crippen molar-refractivity contribution in [3.63, 3.8) is 0 Å². The molecule has 4 aromatic rings. The lowest BCUT2D eigenvalue weighted by Crippen LogP contribution is -2.22. The van der Waals surface area contributed by atoms with Crippen molar-refractivity contribution in [3.05, 3.63) is 95.6 Å². The first kappa shape index (κ1) is 21.2.